The summed E-state index contributed by atoms with van der Waals surface area (Å²) in [6.07, 6.45) is -4.93. The Balaban J connectivity index is 1.23. The molecule has 2 aromatic rings. The summed E-state index contributed by atoms with van der Waals surface area (Å²) in [5, 5.41) is 29.5. The number of para-hydroxylation sites is 1. The molecule has 1 aliphatic heterocycles. The van der Waals surface area contributed by atoms with E-state index in [4.69, 9.17) is 9.47 Å². The minimum Gasteiger partial charge on any atom is -0.385 e. The van der Waals surface area contributed by atoms with Gasteiger partial charge in [-0.3, -0.25) is 0 Å². The number of halogens is 5. The maximum absolute atomic E-state index is 15.4. The number of amides is 2. The minimum absolute atomic E-state index is 0.0200. The second-order valence-electron chi connectivity index (χ2n) is 16.6. The van der Waals surface area contributed by atoms with Gasteiger partial charge >= 0.3 is 18.1 Å². The topological polar surface area (TPSA) is 100 Å². The Kier molecular flexibility index (Phi) is 8.72. The quantitative estimate of drug-likeness (QED) is 0.185. The monoisotopic (exact) mass is 718 g/mol. The van der Waals surface area contributed by atoms with Gasteiger partial charge in [0.25, 0.3) is 0 Å². The summed E-state index contributed by atoms with van der Waals surface area (Å²) in [6.45, 7) is 6.64. The van der Waals surface area contributed by atoms with Gasteiger partial charge in [0.15, 0.2) is 5.79 Å². The molecule has 0 bridgehead atoms. The lowest BCUT2D eigenvalue weighted by molar-refractivity contribution is -0.362. The van der Waals surface area contributed by atoms with Gasteiger partial charge in [0.05, 0.1) is 18.8 Å². The Bertz CT molecular complexity index is 1670. The van der Waals surface area contributed by atoms with Crippen LogP contribution in [0, 0.1) is 22.7 Å². The van der Waals surface area contributed by atoms with E-state index in [-0.39, 0.29) is 37.6 Å². The van der Waals surface area contributed by atoms with E-state index in [2.05, 4.69) is 10.6 Å². The van der Waals surface area contributed by atoms with Crippen molar-refractivity contribution in [1.29, 1.82) is 0 Å². The minimum atomic E-state index is -5.92. The van der Waals surface area contributed by atoms with Gasteiger partial charge < -0.3 is 30.3 Å². The molecule has 4 aliphatic carbocycles. The highest BCUT2D eigenvalue weighted by molar-refractivity contribution is 5.89. The summed E-state index contributed by atoms with van der Waals surface area (Å²) < 4.78 is 85.4. The van der Waals surface area contributed by atoms with Crippen LogP contribution in [0.2, 0.25) is 0 Å². The molecule has 0 radical (unpaired) electrons. The summed E-state index contributed by atoms with van der Waals surface area (Å²) in [7, 11) is 0. The summed E-state index contributed by atoms with van der Waals surface area (Å²) in [5.74, 6) is -7.93. The Labute approximate surface area is 295 Å². The molecule has 2 aromatic carbocycles. The van der Waals surface area contributed by atoms with E-state index >= 15 is 8.78 Å². The van der Waals surface area contributed by atoms with E-state index in [1.807, 2.05) is 32.0 Å². The molecule has 12 heteroatoms. The maximum atomic E-state index is 15.4. The summed E-state index contributed by atoms with van der Waals surface area (Å²) >= 11 is 0. The van der Waals surface area contributed by atoms with Gasteiger partial charge in [-0.25, -0.2) is 4.79 Å². The zero-order valence-electron chi connectivity index (χ0n) is 29.2. The SMILES string of the molecule is CC1(C)COC2(CCC3=C4C(CCC3(O)C2)C2CC[C@@](O)(C(F)(F)C(F)(F)F)[C@@]2(C)C[C@@H]4c2ccc(CNC(=O)Nc3ccccc3)cc2)OC1. The van der Waals surface area contributed by atoms with E-state index in [1.165, 1.54) is 6.92 Å². The van der Waals surface area contributed by atoms with Crippen molar-refractivity contribution in [2.45, 2.75) is 114 Å². The number of fused-ring (bicyclic) bond motifs is 4. The van der Waals surface area contributed by atoms with E-state index in [0.29, 0.717) is 43.7 Å². The number of rotatable bonds is 5. The van der Waals surface area contributed by atoms with Crippen LogP contribution < -0.4 is 10.6 Å². The molecule has 7 rings (SSSR count). The third-order valence-electron chi connectivity index (χ3n) is 12.8. The predicted octanol–water partition coefficient (Wildman–Crippen LogP) is 8.23. The van der Waals surface area contributed by atoms with Gasteiger partial charge in [-0.15, -0.1) is 0 Å². The molecule has 1 heterocycles. The number of anilines is 1. The number of aliphatic hydroxyl groups is 2. The summed E-state index contributed by atoms with van der Waals surface area (Å²) in [6, 6.07) is 15.8. The van der Waals surface area contributed by atoms with Crippen LogP contribution in [0.3, 0.4) is 0 Å². The van der Waals surface area contributed by atoms with Crippen molar-refractivity contribution in [3.8, 4) is 0 Å². The van der Waals surface area contributed by atoms with Crippen LogP contribution in [0.1, 0.15) is 89.2 Å². The van der Waals surface area contributed by atoms with Crippen LogP contribution in [-0.2, 0) is 16.0 Å². The molecular formula is C39H47F5N2O5. The highest BCUT2D eigenvalue weighted by Crippen LogP contribution is 2.71. The van der Waals surface area contributed by atoms with Gasteiger partial charge in [0.2, 0.25) is 0 Å². The van der Waals surface area contributed by atoms with Gasteiger partial charge in [-0.1, -0.05) is 68.8 Å². The maximum Gasteiger partial charge on any atom is 0.456 e. The van der Waals surface area contributed by atoms with Crippen LogP contribution in [-0.4, -0.2) is 58.5 Å². The van der Waals surface area contributed by atoms with Crippen LogP contribution in [0.5, 0.6) is 0 Å². The molecule has 4 fully saturated rings. The van der Waals surface area contributed by atoms with Crippen molar-refractivity contribution in [3.05, 3.63) is 76.9 Å². The number of alkyl halides is 5. The molecule has 1 spiro atoms. The first-order chi connectivity index (χ1) is 23.8. The molecule has 0 aromatic heterocycles. The van der Waals surface area contributed by atoms with Crippen LogP contribution in [0.4, 0.5) is 32.4 Å². The van der Waals surface area contributed by atoms with Crippen molar-refractivity contribution in [3.63, 3.8) is 0 Å². The largest absolute Gasteiger partial charge is 0.456 e. The number of nitrogens with one attached hydrogen (secondary N) is 2. The third kappa shape index (κ3) is 5.98. The standard InChI is InChI=1S/C39H47F5N2O5/c1-33(2)22-50-36(51-23-33)17-14-30-31-27(13-16-35(30,48)21-36)29-15-18-37(49,38(40,41)39(42,43)44)34(29,3)19-28(31)25-11-9-24(10-12-25)20-45-32(47)46-26-7-5-4-6-8-26/h4-12,27-29,48-49H,13-23H2,1-3H3,(H2,45,46,47)/t27?,28-,29?,34+,35?,37+/m1/s1. The Hall–Kier alpha value is -3.06. The zero-order chi connectivity index (χ0) is 36.7. The normalized spacial score (nSPS) is 34.4. The van der Waals surface area contributed by atoms with E-state index in [0.717, 1.165) is 16.7 Å². The number of carbonyl (C=O) groups is 1. The van der Waals surface area contributed by atoms with Gasteiger partial charge in [0.1, 0.15) is 5.60 Å². The third-order valence-corrected chi connectivity index (χ3v) is 12.8. The molecule has 51 heavy (non-hydrogen) atoms. The lowest BCUT2D eigenvalue weighted by Crippen LogP contribution is -2.65. The van der Waals surface area contributed by atoms with Gasteiger partial charge in [0, 0.05) is 41.8 Å². The number of benzene rings is 2. The molecule has 4 N–H and O–H groups in total. The Morgan fingerprint density at radius 2 is 1.57 bits per heavy atom. The van der Waals surface area contributed by atoms with Crippen LogP contribution in [0.15, 0.2) is 65.7 Å². The summed E-state index contributed by atoms with van der Waals surface area (Å²) in [5.41, 5.74) is -2.76. The molecule has 3 unspecified atom stereocenters. The molecular weight excluding hydrogens is 671 g/mol. The van der Waals surface area contributed by atoms with Crippen molar-refractivity contribution in [2.24, 2.45) is 22.7 Å². The smallest absolute Gasteiger partial charge is 0.385 e. The number of hydrogen-bond acceptors (Lipinski definition) is 5. The van der Waals surface area contributed by atoms with Gasteiger partial charge in [-0.2, -0.15) is 22.0 Å². The molecule has 5 aliphatic rings. The highest BCUT2D eigenvalue weighted by atomic mass is 19.4. The second kappa shape index (κ2) is 12.2. The molecule has 278 valence electrons. The molecule has 2 amide bonds. The van der Waals surface area contributed by atoms with Crippen molar-refractivity contribution >= 4 is 11.7 Å². The van der Waals surface area contributed by atoms with E-state index < -0.39 is 64.7 Å². The first-order valence-corrected chi connectivity index (χ1v) is 17.9. The second-order valence-corrected chi connectivity index (χ2v) is 16.6. The molecule has 6 atom stereocenters. The predicted molar refractivity (Wildman–Crippen MR) is 180 cm³/mol. The first-order valence-electron chi connectivity index (χ1n) is 17.9. The van der Waals surface area contributed by atoms with E-state index in [9.17, 15) is 28.2 Å². The van der Waals surface area contributed by atoms with Crippen molar-refractivity contribution < 1.29 is 46.4 Å². The van der Waals surface area contributed by atoms with Crippen LogP contribution >= 0.6 is 0 Å². The lowest BCUT2D eigenvalue weighted by Gasteiger charge is -2.59. The summed E-state index contributed by atoms with van der Waals surface area (Å²) in [4.78, 5) is 12.5. The van der Waals surface area contributed by atoms with Crippen molar-refractivity contribution in [2.75, 3.05) is 18.5 Å². The number of ether oxygens (including phenoxy) is 2. The van der Waals surface area contributed by atoms with Gasteiger partial charge in [-0.05, 0) is 79.2 Å². The van der Waals surface area contributed by atoms with E-state index in [1.54, 1.807) is 36.4 Å². The number of hydrogen-bond donors (Lipinski definition) is 4. The molecule has 7 nitrogen and oxygen atoms in total. The lowest BCUT2D eigenvalue weighted by atomic mass is 9.49. The molecule has 1 saturated heterocycles. The fraction of sp³-hybridized carbons (Fsp3) is 0.615. The number of carbonyl (C=O) groups excluding carboxylic acids is 1. The zero-order valence-corrected chi connectivity index (χ0v) is 29.2. The Morgan fingerprint density at radius 1 is 0.902 bits per heavy atom. The Morgan fingerprint density at radius 3 is 2.22 bits per heavy atom. The number of allylic oxidation sites excluding steroid dienone is 1. The highest BCUT2D eigenvalue weighted by Gasteiger charge is 2.79. The fourth-order valence-electron chi connectivity index (χ4n) is 10.1. The first kappa shape index (κ1) is 36.3. The number of urea groups is 1. The van der Waals surface area contributed by atoms with Crippen molar-refractivity contribution in [1.82, 2.24) is 5.32 Å². The average molecular weight is 719 g/mol. The molecule has 3 saturated carbocycles. The van der Waals surface area contributed by atoms with Crippen LogP contribution in [0.25, 0.3) is 0 Å². The average Bonchev–Trinajstić information content (AvgIpc) is 3.36. The fourth-order valence-corrected chi connectivity index (χ4v) is 10.1.